The number of rotatable bonds is 6. The van der Waals surface area contributed by atoms with E-state index < -0.39 is 0 Å². The maximum atomic E-state index is 12.9. The third-order valence-electron chi connectivity index (χ3n) is 4.57. The second-order valence-electron chi connectivity index (χ2n) is 6.61. The Balaban J connectivity index is 1.59. The number of hydrogen-bond acceptors (Lipinski definition) is 3. The third kappa shape index (κ3) is 5.42. The van der Waals surface area contributed by atoms with Crippen LogP contribution in [-0.4, -0.2) is 11.9 Å². The van der Waals surface area contributed by atoms with Gasteiger partial charge in [0, 0.05) is 6.04 Å². The highest BCUT2D eigenvalue weighted by molar-refractivity contribution is 6.01. The van der Waals surface area contributed by atoms with Gasteiger partial charge in [-0.2, -0.15) is 5.26 Å². The summed E-state index contributed by atoms with van der Waals surface area (Å²) in [7, 11) is 0. The first-order valence-corrected chi connectivity index (χ1v) is 9.04. The number of carbonyl (C=O) groups excluding carboxylic acids is 1. The highest BCUT2D eigenvalue weighted by Gasteiger charge is 2.19. The standard InChI is InChI=1S/C22H21FN2O2/c23-19-9-5-17(6-10-19)15-27-21-11-7-16(8-12-21)13-18(14-24)22(26)25-20-3-1-2-4-20/h5-13,20H,1-4,15H2,(H,25,26). The van der Waals surface area contributed by atoms with Crippen LogP contribution < -0.4 is 10.1 Å². The quantitative estimate of drug-likeness (QED) is 0.611. The third-order valence-corrected chi connectivity index (χ3v) is 4.57. The minimum absolute atomic E-state index is 0.0990. The number of halogens is 1. The number of nitrogens with one attached hydrogen (secondary N) is 1. The molecule has 3 rings (SSSR count). The molecule has 0 atom stereocenters. The molecule has 27 heavy (non-hydrogen) atoms. The molecular formula is C22H21FN2O2. The fraction of sp³-hybridized carbons (Fsp3) is 0.273. The van der Waals surface area contributed by atoms with Gasteiger partial charge in [0.05, 0.1) is 0 Å². The number of carbonyl (C=O) groups is 1. The summed E-state index contributed by atoms with van der Waals surface area (Å²) in [5.41, 5.74) is 1.72. The molecule has 1 aliphatic carbocycles. The summed E-state index contributed by atoms with van der Waals surface area (Å²) in [6, 6.07) is 15.4. The SMILES string of the molecule is N#CC(=Cc1ccc(OCc2ccc(F)cc2)cc1)C(=O)NC1CCCC1. The van der Waals surface area contributed by atoms with Crippen LogP contribution >= 0.6 is 0 Å². The average Bonchev–Trinajstić information content (AvgIpc) is 3.19. The summed E-state index contributed by atoms with van der Waals surface area (Å²) in [6.45, 7) is 0.336. The first kappa shape index (κ1) is 18.7. The highest BCUT2D eigenvalue weighted by Crippen LogP contribution is 2.19. The van der Waals surface area contributed by atoms with E-state index in [1.54, 1.807) is 42.5 Å². The van der Waals surface area contributed by atoms with Crippen LogP contribution in [0.25, 0.3) is 6.08 Å². The van der Waals surface area contributed by atoms with Crippen molar-refractivity contribution in [1.29, 1.82) is 5.26 Å². The van der Waals surface area contributed by atoms with E-state index in [1.165, 1.54) is 12.1 Å². The van der Waals surface area contributed by atoms with Crippen LogP contribution in [0.15, 0.2) is 54.1 Å². The number of nitriles is 1. The Morgan fingerprint density at radius 2 is 1.81 bits per heavy atom. The Morgan fingerprint density at radius 3 is 2.44 bits per heavy atom. The van der Waals surface area contributed by atoms with Crippen LogP contribution in [-0.2, 0) is 11.4 Å². The van der Waals surface area contributed by atoms with E-state index >= 15 is 0 Å². The summed E-state index contributed by atoms with van der Waals surface area (Å²) in [4.78, 5) is 12.2. The molecule has 0 aromatic heterocycles. The average molecular weight is 364 g/mol. The molecule has 1 N–H and O–H groups in total. The van der Waals surface area contributed by atoms with E-state index in [1.807, 2.05) is 6.07 Å². The van der Waals surface area contributed by atoms with Crippen LogP contribution in [0.1, 0.15) is 36.8 Å². The van der Waals surface area contributed by atoms with Gasteiger partial charge in [0.15, 0.2) is 0 Å². The maximum absolute atomic E-state index is 12.9. The molecule has 1 aliphatic rings. The predicted octanol–water partition coefficient (Wildman–Crippen LogP) is 4.37. The van der Waals surface area contributed by atoms with Gasteiger partial charge in [0.1, 0.15) is 29.8 Å². The molecule has 0 aliphatic heterocycles. The summed E-state index contributed by atoms with van der Waals surface area (Å²) in [5.74, 6) is 0.0616. The van der Waals surface area contributed by atoms with Gasteiger partial charge in [0.25, 0.3) is 5.91 Å². The fourth-order valence-electron chi connectivity index (χ4n) is 3.06. The van der Waals surface area contributed by atoms with E-state index in [4.69, 9.17) is 4.74 Å². The minimum atomic E-state index is -0.318. The zero-order valence-electron chi connectivity index (χ0n) is 15.0. The van der Waals surface area contributed by atoms with Crippen molar-refractivity contribution in [3.63, 3.8) is 0 Å². The molecule has 2 aromatic rings. The number of ether oxygens (including phenoxy) is 1. The van der Waals surface area contributed by atoms with Crippen LogP contribution in [0.5, 0.6) is 5.75 Å². The predicted molar refractivity (Wildman–Crippen MR) is 101 cm³/mol. The van der Waals surface area contributed by atoms with Gasteiger partial charge < -0.3 is 10.1 Å². The van der Waals surface area contributed by atoms with Crippen LogP contribution in [0, 0.1) is 17.1 Å². The number of hydrogen-bond donors (Lipinski definition) is 1. The van der Waals surface area contributed by atoms with E-state index in [2.05, 4.69) is 5.32 Å². The molecule has 1 saturated carbocycles. The van der Waals surface area contributed by atoms with Gasteiger partial charge in [-0.25, -0.2) is 4.39 Å². The minimum Gasteiger partial charge on any atom is -0.489 e. The van der Waals surface area contributed by atoms with Crippen molar-refractivity contribution in [2.75, 3.05) is 0 Å². The van der Waals surface area contributed by atoms with Crippen molar-refractivity contribution in [1.82, 2.24) is 5.32 Å². The molecule has 2 aromatic carbocycles. The molecule has 1 amide bonds. The molecule has 0 radical (unpaired) electrons. The van der Waals surface area contributed by atoms with Gasteiger partial charge in [-0.05, 0) is 54.3 Å². The van der Waals surface area contributed by atoms with E-state index in [0.29, 0.717) is 12.4 Å². The lowest BCUT2D eigenvalue weighted by atomic mass is 10.1. The van der Waals surface area contributed by atoms with Crippen molar-refractivity contribution >= 4 is 12.0 Å². The largest absolute Gasteiger partial charge is 0.489 e. The molecule has 1 fully saturated rings. The Bertz CT molecular complexity index is 845. The number of nitrogens with zero attached hydrogens (tertiary/aromatic N) is 1. The van der Waals surface area contributed by atoms with Crippen LogP contribution in [0.2, 0.25) is 0 Å². The Labute approximate surface area is 158 Å². The lowest BCUT2D eigenvalue weighted by molar-refractivity contribution is -0.117. The second-order valence-corrected chi connectivity index (χ2v) is 6.61. The second kappa shape index (κ2) is 9.00. The summed E-state index contributed by atoms with van der Waals surface area (Å²) in [6.07, 6.45) is 5.77. The van der Waals surface area contributed by atoms with E-state index in [0.717, 1.165) is 36.8 Å². The van der Waals surface area contributed by atoms with Crippen molar-refractivity contribution in [2.24, 2.45) is 0 Å². The first-order valence-electron chi connectivity index (χ1n) is 9.04. The molecule has 0 spiro atoms. The van der Waals surface area contributed by atoms with Gasteiger partial charge in [-0.15, -0.1) is 0 Å². The molecule has 0 saturated heterocycles. The zero-order valence-corrected chi connectivity index (χ0v) is 15.0. The molecule has 5 heteroatoms. The van der Waals surface area contributed by atoms with Gasteiger partial charge >= 0.3 is 0 Å². The smallest absolute Gasteiger partial charge is 0.262 e. The summed E-state index contributed by atoms with van der Waals surface area (Å²) in [5, 5.41) is 12.2. The molecule has 0 bridgehead atoms. The Hall–Kier alpha value is -3.13. The number of benzene rings is 2. The first-order chi connectivity index (χ1) is 13.1. The van der Waals surface area contributed by atoms with Gasteiger partial charge in [0.2, 0.25) is 0 Å². The monoisotopic (exact) mass is 364 g/mol. The molecule has 0 heterocycles. The van der Waals surface area contributed by atoms with E-state index in [-0.39, 0.29) is 23.3 Å². The molecule has 138 valence electrons. The molecule has 0 unspecified atom stereocenters. The van der Waals surface area contributed by atoms with Crippen LogP contribution in [0.4, 0.5) is 4.39 Å². The van der Waals surface area contributed by atoms with Crippen LogP contribution in [0.3, 0.4) is 0 Å². The zero-order chi connectivity index (χ0) is 19.1. The normalized spacial score (nSPS) is 14.6. The highest BCUT2D eigenvalue weighted by atomic mass is 19.1. The topological polar surface area (TPSA) is 62.1 Å². The lowest BCUT2D eigenvalue weighted by Crippen LogP contribution is -2.33. The molecular weight excluding hydrogens is 343 g/mol. The van der Waals surface area contributed by atoms with Crippen molar-refractivity contribution in [3.8, 4) is 11.8 Å². The van der Waals surface area contributed by atoms with Crippen molar-refractivity contribution in [3.05, 3.63) is 71.0 Å². The summed E-state index contributed by atoms with van der Waals surface area (Å²) < 4.78 is 18.6. The van der Waals surface area contributed by atoms with E-state index in [9.17, 15) is 14.4 Å². The molecule has 4 nitrogen and oxygen atoms in total. The fourth-order valence-corrected chi connectivity index (χ4v) is 3.06. The lowest BCUT2D eigenvalue weighted by Gasteiger charge is -2.11. The van der Waals surface area contributed by atoms with Gasteiger partial charge in [-0.3, -0.25) is 4.79 Å². The van der Waals surface area contributed by atoms with Crippen molar-refractivity contribution in [2.45, 2.75) is 38.3 Å². The van der Waals surface area contributed by atoms with Crippen molar-refractivity contribution < 1.29 is 13.9 Å². The Kier molecular flexibility index (Phi) is 6.22. The Morgan fingerprint density at radius 1 is 1.15 bits per heavy atom. The summed E-state index contributed by atoms with van der Waals surface area (Å²) >= 11 is 0. The van der Waals surface area contributed by atoms with Gasteiger partial charge in [-0.1, -0.05) is 37.1 Å². The number of amides is 1. The maximum Gasteiger partial charge on any atom is 0.262 e.